The SMILES string of the molecule is CN(CCCNC(=O)c1cccnc1)c1ccccc1. The van der Waals surface area contributed by atoms with E-state index < -0.39 is 0 Å². The molecular weight excluding hydrogens is 250 g/mol. The third-order valence-corrected chi connectivity index (χ3v) is 3.08. The molecule has 0 aliphatic rings. The van der Waals surface area contributed by atoms with E-state index in [1.165, 1.54) is 5.69 Å². The number of carbonyl (C=O) groups excluding carboxylic acids is 1. The number of pyridine rings is 1. The summed E-state index contributed by atoms with van der Waals surface area (Å²) in [5, 5.41) is 2.90. The second-order valence-corrected chi connectivity index (χ2v) is 4.61. The van der Waals surface area contributed by atoms with Crippen molar-refractivity contribution in [1.29, 1.82) is 0 Å². The molecule has 1 aromatic carbocycles. The van der Waals surface area contributed by atoms with Crippen LogP contribution in [0.15, 0.2) is 54.9 Å². The molecule has 0 aliphatic carbocycles. The number of hydrogen-bond donors (Lipinski definition) is 1. The number of amides is 1. The molecule has 2 aromatic rings. The second-order valence-electron chi connectivity index (χ2n) is 4.61. The monoisotopic (exact) mass is 269 g/mol. The number of anilines is 1. The summed E-state index contributed by atoms with van der Waals surface area (Å²) in [6.45, 7) is 1.56. The van der Waals surface area contributed by atoms with Crippen LogP contribution in [-0.2, 0) is 0 Å². The molecule has 0 saturated carbocycles. The van der Waals surface area contributed by atoms with Gasteiger partial charge in [-0.1, -0.05) is 18.2 Å². The average Bonchev–Trinajstić information content (AvgIpc) is 2.53. The zero-order valence-electron chi connectivity index (χ0n) is 11.6. The lowest BCUT2D eigenvalue weighted by atomic mass is 10.2. The fourth-order valence-electron chi connectivity index (χ4n) is 1.93. The lowest BCUT2D eigenvalue weighted by molar-refractivity contribution is 0.0953. The maximum Gasteiger partial charge on any atom is 0.252 e. The van der Waals surface area contributed by atoms with Gasteiger partial charge in [-0.15, -0.1) is 0 Å². The van der Waals surface area contributed by atoms with E-state index in [-0.39, 0.29) is 5.91 Å². The first-order valence-electron chi connectivity index (χ1n) is 6.72. The van der Waals surface area contributed by atoms with Gasteiger partial charge in [-0.3, -0.25) is 9.78 Å². The molecule has 0 radical (unpaired) electrons. The van der Waals surface area contributed by atoms with Gasteiger partial charge in [0.2, 0.25) is 0 Å². The van der Waals surface area contributed by atoms with Gasteiger partial charge >= 0.3 is 0 Å². The summed E-state index contributed by atoms with van der Waals surface area (Å²) >= 11 is 0. The van der Waals surface area contributed by atoms with Gasteiger partial charge in [0, 0.05) is 38.2 Å². The summed E-state index contributed by atoms with van der Waals surface area (Å²) in [7, 11) is 2.05. The van der Waals surface area contributed by atoms with Crippen LogP contribution in [0.25, 0.3) is 0 Å². The van der Waals surface area contributed by atoms with Gasteiger partial charge < -0.3 is 10.2 Å². The first kappa shape index (κ1) is 14.1. The molecule has 4 heteroatoms. The quantitative estimate of drug-likeness (QED) is 0.819. The Morgan fingerprint density at radius 1 is 1.20 bits per heavy atom. The Morgan fingerprint density at radius 2 is 2.00 bits per heavy atom. The van der Waals surface area contributed by atoms with Gasteiger partial charge in [0.15, 0.2) is 0 Å². The van der Waals surface area contributed by atoms with Crippen molar-refractivity contribution in [3.63, 3.8) is 0 Å². The summed E-state index contributed by atoms with van der Waals surface area (Å²) in [6.07, 6.45) is 4.13. The Bertz CT molecular complexity index is 528. The van der Waals surface area contributed by atoms with Crippen LogP contribution < -0.4 is 10.2 Å². The minimum Gasteiger partial charge on any atom is -0.375 e. The van der Waals surface area contributed by atoms with Crippen molar-refractivity contribution >= 4 is 11.6 Å². The van der Waals surface area contributed by atoms with Gasteiger partial charge in [-0.25, -0.2) is 0 Å². The highest BCUT2D eigenvalue weighted by molar-refractivity contribution is 5.93. The van der Waals surface area contributed by atoms with Crippen LogP contribution in [0, 0.1) is 0 Å². The van der Waals surface area contributed by atoms with Crippen molar-refractivity contribution in [2.45, 2.75) is 6.42 Å². The molecule has 1 N–H and O–H groups in total. The molecule has 1 aromatic heterocycles. The molecule has 1 amide bonds. The van der Waals surface area contributed by atoms with Crippen LogP contribution in [0.2, 0.25) is 0 Å². The summed E-state index contributed by atoms with van der Waals surface area (Å²) in [5.41, 5.74) is 1.79. The highest BCUT2D eigenvalue weighted by Gasteiger charge is 2.04. The molecule has 0 atom stereocenters. The number of benzene rings is 1. The first-order valence-corrected chi connectivity index (χ1v) is 6.72. The zero-order chi connectivity index (χ0) is 14.2. The first-order chi connectivity index (χ1) is 9.77. The fraction of sp³-hybridized carbons (Fsp3) is 0.250. The number of para-hydroxylation sites is 1. The Morgan fingerprint density at radius 3 is 2.70 bits per heavy atom. The Labute approximate surface area is 119 Å². The molecule has 4 nitrogen and oxygen atoms in total. The van der Waals surface area contributed by atoms with Gasteiger partial charge in [-0.2, -0.15) is 0 Å². The maximum atomic E-state index is 11.8. The second kappa shape index (κ2) is 7.28. The standard InChI is InChI=1S/C16H19N3O/c1-19(15-8-3-2-4-9-15)12-6-11-18-16(20)14-7-5-10-17-13-14/h2-5,7-10,13H,6,11-12H2,1H3,(H,18,20). The minimum atomic E-state index is -0.0690. The highest BCUT2D eigenvalue weighted by Crippen LogP contribution is 2.10. The van der Waals surface area contributed by atoms with E-state index in [9.17, 15) is 4.79 Å². The Kier molecular flexibility index (Phi) is 5.12. The number of nitrogens with one attached hydrogen (secondary N) is 1. The molecule has 0 aliphatic heterocycles. The molecule has 0 spiro atoms. The van der Waals surface area contributed by atoms with Crippen LogP contribution in [0.4, 0.5) is 5.69 Å². The Balaban J connectivity index is 1.71. The van der Waals surface area contributed by atoms with Crippen molar-refractivity contribution in [3.05, 3.63) is 60.4 Å². The molecule has 0 bridgehead atoms. The van der Waals surface area contributed by atoms with Crippen molar-refractivity contribution in [2.24, 2.45) is 0 Å². The van der Waals surface area contributed by atoms with E-state index in [0.717, 1.165) is 13.0 Å². The van der Waals surface area contributed by atoms with Crippen molar-refractivity contribution < 1.29 is 4.79 Å². The van der Waals surface area contributed by atoms with Crippen LogP contribution >= 0.6 is 0 Å². The van der Waals surface area contributed by atoms with Crippen LogP contribution in [0.1, 0.15) is 16.8 Å². The van der Waals surface area contributed by atoms with Gasteiger partial charge in [0.25, 0.3) is 5.91 Å². The van der Waals surface area contributed by atoms with Crippen molar-refractivity contribution in [3.8, 4) is 0 Å². The molecule has 20 heavy (non-hydrogen) atoms. The minimum absolute atomic E-state index is 0.0690. The maximum absolute atomic E-state index is 11.8. The Hall–Kier alpha value is -2.36. The van der Waals surface area contributed by atoms with E-state index in [2.05, 4.69) is 34.4 Å². The van der Waals surface area contributed by atoms with Crippen molar-refractivity contribution in [1.82, 2.24) is 10.3 Å². The number of nitrogens with zero attached hydrogens (tertiary/aromatic N) is 2. The largest absolute Gasteiger partial charge is 0.375 e. The van der Waals surface area contributed by atoms with E-state index in [1.807, 2.05) is 18.2 Å². The smallest absolute Gasteiger partial charge is 0.252 e. The summed E-state index contributed by atoms with van der Waals surface area (Å²) < 4.78 is 0. The summed E-state index contributed by atoms with van der Waals surface area (Å²) in [4.78, 5) is 17.9. The third-order valence-electron chi connectivity index (χ3n) is 3.08. The molecule has 104 valence electrons. The number of aromatic nitrogens is 1. The van der Waals surface area contributed by atoms with E-state index in [1.54, 1.807) is 24.5 Å². The van der Waals surface area contributed by atoms with Gasteiger partial charge in [0.1, 0.15) is 0 Å². The summed E-state index contributed by atoms with van der Waals surface area (Å²) in [5.74, 6) is -0.0690. The molecular formula is C16H19N3O. The van der Waals surface area contributed by atoms with Crippen LogP contribution in [-0.4, -0.2) is 31.0 Å². The average molecular weight is 269 g/mol. The lowest BCUT2D eigenvalue weighted by Gasteiger charge is -2.19. The molecule has 1 heterocycles. The van der Waals surface area contributed by atoms with Gasteiger partial charge in [-0.05, 0) is 30.7 Å². The van der Waals surface area contributed by atoms with E-state index >= 15 is 0 Å². The van der Waals surface area contributed by atoms with E-state index in [0.29, 0.717) is 12.1 Å². The topological polar surface area (TPSA) is 45.2 Å². The number of rotatable bonds is 6. The summed E-state index contributed by atoms with van der Waals surface area (Å²) in [6, 6.07) is 13.7. The molecule has 0 fully saturated rings. The fourth-order valence-corrected chi connectivity index (χ4v) is 1.93. The normalized spacial score (nSPS) is 10.1. The van der Waals surface area contributed by atoms with Gasteiger partial charge in [0.05, 0.1) is 5.56 Å². The molecule has 0 saturated heterocycles. The van der Waals surface area contributed by atoms with Crippen LogP contribution in [0.5, 0.6) is 0 Å². The van der Waals surface area contributed by atoms with Crippen molar-refractivity contribution in [2.75, 3.05) is 25.0 Å². The number of hydrogen-bond acceptors (Lipinski definition) is 3. The predicted molar refractivity (Wildman–Crippen MR) is 80.9 cm³/mol. The predicted octanol–water partition coefficient (Wildman–Crippen LogP) is 2.34. The highest BCUT2D eigenvalue weighted by atomic mass is 16.1. The molecule has 0 unspecified atom stereocenters. The molecule has 2 rings (SSSR count). The third kappa shape index (κ3) is 4.09. The lowest BCUT2D eigenvalue weighted by Crippen LogP contribution is -2.28. The van der Waals surface area contributed by atoms with Crippen LogP contribution in [0.3, 0.4) is 0 Å². The van der Waals surface area contributed by atoms with E-state index in [4.69, 9.17) is 0 Å². The zero-order valence-corrected chi connectivity index (χ0v) is 11.6. The number of carbonyl (C=O) groups is 1.